The summed E-state index contributed by atoms with van der Waals surface area (Å²) >= 11 is 0. The molecule has 1 aromatic carbocycles. The van der Waals surface area contributed by atoms with E-state index in [4.69, 9.17) is 28.0 Å². The maximum Gasteiger partial charge on any atom is 0.326 e. The fourth-order valence-corrected chi connectivity index (χ4v) is 3.48. The largest absolute Gasteiger partial charge is 0.508 e. The smallest absolute Gasteiger partial charge is 0.326 e. The van der Waals surface area contributed by atoms with Gasteiger partial charge < -0.3 is 54.2 Å². The third kappa shape index (κ3) is 13.6. The molecular formula is C24H36N8O9. The molecule has 0 aromatic heterocycles. The lowest BCUT2D eigenvalue weighted by atomic mass is 10.0. The van der Waals surface area contributed by atoms with Crippen molar-refractivity contribution in [2.45, 2.75) is 62.7 Å². The fourth-order valence-electron chi connectivity index (χ4n) is 3.48. The molecule has 17 heteroatoms. The van der Waals surface area contributed by atoms with Crippen molar-refractivity contribution < 1.29 is 44.1 Å². The van der Waals surface area contributed by atoms with Crippen molar-refractivity contribution in [2.75, 3.05) is 6.54 Å². The first-order valence-corrected chi connectivity index (χ1v) is 12.4. The molecule has 0 aliphatic carbocycles. The normalized spacial score (nSPS) is 13.5. The third-order valence-corrected chi connectivity index (χ3v) is 5.62. The highest BCUT2D eigenvalue weighted by Crippen LogP contribution is 2.12. The number of guanidine groups is 1. The number of aliphatic imine (C=N–C) groups is 1. The van der Waals surface area contributed by atoms with E-state index in [9.17, 15) is 39.0 Å². The van der Waals surface area contributed by atoms with Crippen LogP contribution in [0.2, 0.25) is 0 Å². The van der Waals surface area contributed by atoms with Crippen LogP contribution in [0.25, 0.3) is 0 Å². The number of benzene rings is 1. The molecule has 0 bridgehead atoms. The molecule has 1 aromatic rings. The Hall–Kier alpha value is -4.93. The van der Waals surface area contributed by atoms with Gasteiger partial charge in [-0.2, -0.15) is 0 Å². The first-order chi connectivity index (χ1) is 19.2. The molecule has 0 heterocycles. The van der Waals surface area contributed by atoms with Crippen LogP contribution in [0.5, 0.6) is 5.75 Å². The highest BCUT2D eigenvalue weighted by Gasteiger charge is 2.31. The first-order valence-electron chi connectivity index (χ1n) is 12.4. The van der Waals surface area contributed by atoms with Crippen LogP contribution in [0.3, 0.4) is 0 Å². The zero-order valence-corrected chi connectivity index (χ0v) is 22.1. The van der Waals surface area contributed by atoms with Crippen LogP contribution < -0.4 is 38.9 Å². The van der Waals surface area contributed by atoms with Crippen LogP contribution >= 0.6 is 0 Å². The minimum absolute atomic E-state index is 0.0740. The van der Waals surface area contributed by atoms with E-state index < -0.39 is 66.2 Å². The van der Waals surface area contributed by atoms with Crippen molar-refractivity contribution >= 4 is 41.5 Å². The molecule has 17 nitrogen and oxygen atoms in total. The maximum atomic E-state index is 13.2. The number of nitrogens with two attached hydrogens (primary N) is 4. The summed E-state index contributed by atoms with van der Waals surface area (Å²) in [7, 11) is 0. The van der Waals surface area contributed by atoms with E-state index in [0.717, 1.165) is 0 Å². The number of carbonyl (C=O) groups is 6. The number of carboxylic acid groups (broad SMARTS) is 2. The van der Waals surface area contributed by atoms with Crippen LogP contribution in [0.1, 0.15) is 37.7 Å². The Kier molecular flexibility index (Phi) is 14.1. The molecular weight excluding hydrogens is 544 g/mol. The number of primary amides is 1. The van der Waals surface area contributed by atoms with Gasteiger partial charge in [0.15, 0.2) is 5.96 Å². The molecule has 0 aliphatic heterocycles. The minimum atomic E-state index is -1.80. The molecule has 4 unspecified atom stereocenters. The van der Waals surface area contributed by atoms with Crippen LogP contribution in [-0.4, -0.2) is 87.6 Å². The van der Waals surface area contributed by atoms with Gasteiger partial charge in [0.1, 0.15) is 23.9 Å². The quantitative estimate of drug-likeness (QED) is 0.0461. The summed E-state index contributed by atoms with van der Waals surface area (Å²) in [5.41, 5.74) is 22.0. The molecule has 4 atom stereocenters. The second-order valence-corrected chi connectivity index (χ2v) is 9.05. The van der Waals surface area contributed by atoms with E-state index in [2.05, 4.69) is 20.9 Å². The number of aliphatic carboxylic acids is 2. The number of phenolic OH excluding ortho intramolecular Hbond substituents is 1. The Balaban J connectivity index is 3.13. The summed E-state index contributed by atoms with van der Waals surface area (Å²) in [6.45, 7) is 0.210. The number of aromatic hydroxyl groups is 1. The maximum absolute atomic E-state index is 13.2. The number of rotatable bonds is 18. The second-order valence-electron chi connectivity index (χ2n) is 9.05. The Morgan fingerprint density at radius 3 is 1.90 bits per heavy atom. The van der Waals surface area contributed by atoms with E-state index in [1.54, 1.807) is 0 Å². The number of amides is 4. The minimum Gasteiger partial charge on any atom is -0.508 e. The molecule has 0 fully saturated rings. The Morgan fingerprint density at radius 1 is 0.805 bits per heavy atom. The van der Waals surface area contributed by atoms with Gasteiger partial charge >= 0.3 is 11.9 Å². The van der Waals surface area contributed by atoms with E-state index >= 15 is 0 Å². The lowest BCUT2D eigenvalue weighted by Crippen LogP contribution is -2.57. The average Bonchev–Trinajstić information content (AvgIpc) is 2.88. The van der Waals surface area contributed by atoms with E-state index in [1.807, 2.05) is 0 Å². The zero-order chi connectivity index (χ0) is 31.1. The predicted molar refractivity (Wildman–Crippen MR) is 144 cm³/mol. The van der Waals surface area contributed by atoms with Gasteiger partial charge in [-0.25, -0.2) is 4.79 Å². The molecule has 226 valence electrons. The molecule has 0 spiro atoms. The Labute approximate surface area is 234 Å². The van der Waals surface area contributed by atoms with Gasteiger partial charge in [0.25, 0.3) is 0 Å². The summed E-state index contributed by atoms with van der Waals surface area (Å²) in [5, 5.41) is 34.7. The molecule has 0 radical (unpaired) electrons. The van der Waals surface area contributed by atoms with Crippen LogP contribution in [0, 0.1) is 0 Å². The molecule has 4 amide bonds. The average molecular weight is 581 g/mol. The van der Waals surface area contributed by atoms with Crippen molar-refractivity contribution in [2.24, 2.45) is 27.9 Å². The number of phenols is 1. The second kappa shape index (κ2) is 16.9. The van der Waals surface area contributed by atoms with Crippen molar-refractivity contribution in [1.82, 2.24) is 16.0 Å². The summed E-state index contributed by atoms with van der Waals surface area (Å²) in [6.07, 6.45) is -1.21. The van der Waals surface area contributed by atoms with Crippen molar-refractivity contribution in [1.29, 1.82) is 0 Å². The van der Waals surface area contributed by atoms with Crippen LogP contribution in [0.4, 0.5) is 0 Å². The fraction of sp³-hybridized carbons (Fsp3) is 0.458. The summed E-state index contributed by atoms with van der Waals surface area (Å²) in [4.78, 5) is 76.5. The Morgan fingerprint density at radius 2 is 1.37 bits per heavy atom. The molecule has 0 aliphatic rings. The third-order valence-electron chi connectivity index (χ3n) is 5.62. The van der Waals surface area contributed by atoms with E-state index in [-0.39, 0.29) is 43.9 Å². The number of hydrogen-bond acceptors (Lipinski definition) is 9. The predicted octanol–water partition coefficient (Wildman–Crippen LogP) is -3.41. The van der Waals surface area contributed by atoms with Gasteiger partial charge in [-0.3, -0.25) is 29.0 Å². The molecule has 0 saturated heterocycles. The number of nitrogens with one attached hydrogen (secondary N) is 3. The molecule has 41 heavy (non-hydrogen) atoms. The van der Waals surface area contributed by atoms with E-state index in [0.29, 0.717) is 12.0 Å². The van der Waals surface area contributed by atoms with Gasteiger partial charge in [-0.05, 0) is 37.0 Å². The zero-order valence-electron chi connectivity index (χ0n) is 22.1. The lowest BCUT2D eigenvalue weighted by Gasteiger charge is -2.25. The van der Waals surface area contributed by atoms with Gasteiger partial charge in [0.05, 0.1) is 12.5 Å². The molecule has 14 N–H and O–H groups in total. The van der Waals surface area contributed by atoms with Gasteiger partial charge in [-0.15, -0.1) is 0 Å². The van der Waals surface area contributed by atoms with Crippen molar-refractivity contribution in [3.63, 3.8) is 0 Å². The van der Waals surface area contributed by atoms with E-state index in [1.165, 1.54) is 24.3 Å². The van der Waals surface area contributed by atoms with Crippen molar-refractivity contribution in [3.05, 3.63) is 29.8 Å². The molecule has 0 saturated carbocycles. The topological polar surface area (TPSA) is 316 Å². The van der Waals surface area contributed by atoms with Gasteiger partial charge in [0, 0.05) is 19.4 Å². The number of hydrogen-bond donors (Lipinski definition) is 10. The van der Waals surface area contributed by atoms with Crippen LogP contribution in [-0.2, 0) is 35.2 Å². The number of nitrogens with zero attached hydrogens (tertiary/aromatic N) is 1. The number of carboxylic acids is 2. The molecule has 1 rings (SSSR count). The van der Waals surface area contributed by atoms with Gasteiger partial charge in [0.2, 0.25) is 23.6 Å². The summed E-state index contributed by atoms with van der Waals surface area (Å²) < 4.78 is 0. The summed E-state index contributed by atoms with van der Waals surface area (Å²) in [6, 6.07) is -0.171. The SMILES string of the molecule is NC(=O)CCC(NC(=O)C(N)CCCN=C(N)N)C(=O)NC(Cc1ccc(O)cc1)C(=O)NC(CC(=O)O)C(=O)O. The monoisotopic (exact) mass is 580 g/mol. The standard InChI is InChI=1S/C24H36N8O9/c25-14(2-1-9-29-24(27)28)20(37)30-15(7-8-18(26)34)21(38)31-16(10-12-3-5-13(33)6-4-12)22(39)32-17(23(40)41)11-19(35)36/h3-6,14-17,33H,1-2,7-11,25H2,(H2,26,34)(H,30,37)(H,31,38)(H,32,39)(H,35,36)(H,40,41)(H4,27,28,29). The van der Waals surface area contributed by atoms with Gasteiger partial charge in [-0.1, -0.05) is 12.1 Å². The highest BCUT2D eigenvalue weighted by molar-refractivity contribution is 5.95. The van der Waals surface area contributed by atoms with Crippen molar-refractivity contribution in [3.8, 4) is 5.75 Å². The first kappa shape index (κ1) is 34.1. The van der Waals surface area contributed by atoms with Crippen LogP contribution in [0.15, 0.2) is 29.3 Å². The summed E-state index contributed by atoms with van der Waals surface area (Å²) in [5.74, 6) is -6.77. The number of carbonyl (C=O) groups excluding carboxylic acids is 4. The highest BCUT2D eigenvalue weighted by atomic mass is 16.4. The Bertz CT molecular complexity index is 1120. The lowest BCUT2D eigenvalue weighted by molar-refractivity contribution is -0.147.